The lowest BCUT2D eigenvalue weighted by atomic mass is 9.53. The Bertz CT molecular complexity index is 1080. The molecule has 4 rings (SSSR count). The van der Waals surface area contributed by atoms with Crippen molar-refractivity contribution in [3.8, 4) is 11.5 Å². The number of rotatable bonds is 7. The maximum atomic E-state index is 13.0. The van der Waals surface area contributed by atoms with Gasteiger partial charge in [-0.3, -0.25) is 14.4 Å². The molecule has 1 fully saturated rings. The quantitative estimate of drug-likeness (QED) is 0.358. The summed E-state index contributed by atoms with van der Waals surface area (Å²) >= 11 is 5.56. The monoisotopic (exact) mass is 488 g/mol. The second-order valence-corrected chi connectivity index (χ2v) is 9.49. The average Bonchev–Trinajstić information content (AvgIpc) is 2.80. The van der Waals surface area contributed by atoms with Crippen LogP contribution in [0.15, 0.2) is 35.6 Å². The molecule has 1 heterocycles. The van der Waals surface area contributed by atoms with Crippen LogP contribution >= 0.6 is 11.6 Å². The molecule has 9 heteroatoms. The van der Waals surface area contributed by atoms with E-state index in [0.717, 1.165) is 30.5 Å². The van der Waals surface area contributed by atoms with E-state index in [-0.39, 0.29) is 42.2 Å². The minimum Gasteiger partial charge on any atom is -0.493 e. The first-order valence-corrected chi connectivity index (χ1v) is 11.6. The highest BCUT2D eigenvalue weighted by Crippen LogP contribution is 2.58. The summed E-state index contributed by atoms with van der Waals surface area (Å²) in [7, 11) is 5.15. The number of nitrogens with one attached hydrogen (secondary N) is 1. The number of allylic oxidation sites excluding steroid dienone is 1. The molecule has 1 aromatic rings. The number of carbonyl (C=O) groups excluding carboxylic acids is 3. The Morgan fingerprint density at radius 3 is 2.74 bits per heavy atom. The predicted octanol–water partition coefficient (Wildman–Crippen LogP) is 2.48. The number of benzene rings is 1. The number of Topliss-reactive ketones (excluding diaryl/α,β-unsaturated/α-hetero) is 1. The summed E-state index contributed by atoms with van der Waals surface area (Å²) in [6, 6.07) is 4.01. The van der Waals surface area contributed by atoms with E-state index in [1.54, 1.807) is 6.07 Å². The van der Waals surface area contributed by atoms with E-state index in [2.05, 4.69) is 23.8 Å². The Morgan fingerprint density at radius 1 is 1.29 bits per heavy atom. The van der Waals surface area contributed by atoms with E-state index in [1.165, 1.54) is 14.2 Å². The third kappa shape index (κ3) is 4.09. The third-order valence-electron chi connectivity index (χ3n) is 7.26. The molecule has 3 atom stereocenters. The number of nitrogens with zero attached hydrogens (tertiary/aromatic N) is 1. The number of ketones is 1. The zero-order chi connectivity index (χ0) is 24.6. The number of amides is 1. The molecular formula is C25H29ClN2O6. The minimum absolute atomic E-state index is 0.0324. The van der Waals surface area contributed by atoms with Crippen LogP contribution in [0, 0.1) is 5.92 Å². The number of ether oxygens (including phenoxy) is 3. The van der Waals surface area contributed by atoms with E-state index >= 15 is 0 Å². The maximum Gasteiger partial charge on any atom is 0.313 e. The molecule has 1 saturated heterocycles. The van der Waals surface area contributed by atoms with Gasteiger partial charge in [-0.25, -0.2) is 0 Å². The number of likely N-dealkylation sites (tertiary alicyclic amines) is 1. The molecule has 0 unspecified atom stereocenters. The van der Waals surface area contributed by atoms with E-state index < -0.39 is 17.3 Å². The molecule has 0 radical (unpaired) electrons. The molecule has 1 amide bonds. The number of hydrogen-bond acceptors (Lipinski definition) is 7. The van der Waals surface area contributed by atoms with Gasteiger partial charge in [0.1, 0.15) is 0 Å². The van der Waals surface area contributed by atoms with E-state index in [4.69, 9.17) is 25.8 Å². The highest BCUT2D eigenvalue weighted by Gasteiger charge is 2.56. The third-order valence-corrected chi connectivity index (χ3v) is 7.43. The largest absolute Gasteiger partial charge is 0.493 e. The first-order chi connectivity index (χ1) is 16.2. The van der Waals surface area contributed by atoms with Crippen LogP contribution < -0.4 is 14.8 Å². The SMILES string of the molecule is C=C(Cl)C(=O)NCCC(=O)Oc1c(OC)ccc2c1[C@@]13CCN(C)[C@@H](C2)[C@H]1C=C(OC)C(=O)C3. The van der Waals surface area contributed by atoms with Crippen LogP contribution in [0.1, 0.15) is 30.4 Å². The molecule has 182 valence electrons. The van der Waals surface area contributed by atoms with Gasteiger partial charge in [0.05, 0.1) is 25.7 Å². The molecule has 3 aliphatic rings. The molecular weight excluding hydrogens is 460 g/mol. The lowest BCUT2D eigenvalue weighted by Crippen LogP contribution is -2.60. The summed E-state index contributed by atoms with van der Waals surface area (Å²) in [5, 5.41) is 2.36. The van der Waals surface area contributed by atoms with Gasteiger partial charge in [-0.2, -0.15) is 0 Å². The smallest absolute Gasteiger partial charge is 0.313 e. The topological polar surface area (TPSA) is 94.2 Å². The zero-order valence-corrected chi connectivity index (χ0v) is 20.4. The first-order valence-electron chi connectivity index (χ1n) is 11.2. The van der Waals surface area contributed by atoms with Crippen LogP contribution in [0.2, 0.25) is 0 Å². The molecule has 2 aliphatic carbocycles. The number of piperidine rings is 1. The molecule has 1 N–H and O–H groups in total. The summed E-state index contributed by atoms with van der Waals surface area (Å²) in [5.41, 5.74) is 1.40. The lowest BCUT2D eigenvalue weighted by molar-refractivity contribution is -0.134. The molecule has 0 aromatic heterocycles. The van der Waals surface area contributed by atoms with Gasteiger partial charge in [-0.05, 0) is 44.1 Å². The van der Waals surface area contributed by atoms with Gasteiger partial charge in [0.25, 0.3) is 5.91 Å². The Kier molecular flexibility index (Phi) is 6.73. The highest BCUT2D eigenvalue weighted by atomic mass is 35.5. The summed E-state index contributed by atoms with van der Waals surface area (Å²) < 4.78 is 16.9. The van der Waals surface area contributed by atoms with Crippen molar-refractivity contribution in [1.29, 1.82) is 0 Å². The van der Waals surface area contributed by atoms with Crippen LogP contribution in [-0.4, -0.2) is 63.0 Å². The average molecular weight is 489 g/mol. The Morgan fingerprint density at radius 2 is 2.06 bits per heavy atom. The molecule has 2 bridgehead atoms. The van der Waals surface area contributed by atoms with Crippen LogP contribution in [0.4, 0.5) is 0 Å². The van der Waals surface area contributed by atoms with Gasteiger partial charge in [0, 0.05) is 35.9 Å². The van der Waals surface area contributed by atoms with Crippen molar-refractivity contribution in [2.24, 2.45) is 5.92 Å². The van der Waals surface area contributed by atoms with E-state index in [1.807, 2.05) is 12.1 Å². The second-order valence-electron chi connectivity index (χ2n) is 9.03. The van der Waals surface area contributed by atoms with Crippen LogP contribution in [0.3, 0.4) is 0 Å². The number of halogens is 1. The Hall–Kier alpha value is -2.84. The van der Waals surface area contributed by atoms with Gasteiger partial charge in [-0.1, -0.05) is 24.2 Å². The molecule has 1 aromatic carbocycles. The second kappa shape index (κ2) is 9.43. The Balaban J connectivity index is 1.72. The maximum absolute atomic E-state index is 13.0. The van der Waals surface area contributed by atoms with Gasteiger partial charge in [0.15, 0.2) is 23.0 Å². The molecule has 0 saturated carbocycles. The van der Waals surface area contributed by atoms with Crippen LogP contribution in [0.25, 0.3) is 0 Å². The van der Waals surface area contributed by atoms with Crippen molar-refractivity contribution in [3.63, 3.8) is 0 Å². The van der Waals surface area contributed by atoms with Crippen molar-refractivity contribution in [1.82, 2.24) is 10.2 Å². The standard InChI is InChI=1S/C25H29ClN2O6/c1-14(26)24(31)27-9-7-21(30)34-23-19(32-3)6-5-15-11-17-16-12-20(33-4)18(29)13-25(16,22(15)23)8-10-28(17)2/h5-6,12,16-17H,1,7-11,13H2,2-4H3,(H,27,31)/t16-,17+,25-/m1/s1. The zero-order valence-electron chi connectivity index (χ0n) is 19.6. The van der Waals surface area contributed by atoms with Gasteiger partial charge in [-0.15, -0.1) is 0 Å². The van der Waals surface area contributed by atoms with Crippen molar-refractivity contribution in [2.75, 3.05) is 34.4 Å². The van der Waals surface area contributed by atoms with Crippen molar-refractivity contribution in [2.45, 2.75) is 37.1 Å². The summed E-state index contributed by atoms with van der Waals surface area (Å²) in [5.74, 6) is 0.0967. The van der Waals surface area contributed by atoms with Crippen molar-refractivity contribution in [3.05, 3.63) is 46.7 Å². The normalized spacial score (nSPS) is 25.4. The van der Waals surface area contributed by atoms with E-state index in [9.17, 15) is 14.4 Å². The fraction of sp³-hybridized carbons (Fsp3) is 0.480. The Labute approximate surface area is 203 Å². The number of esters is 1. The first kappa shape index (κ1) is 24.3. The van der Waals surface area contributed by atoms with Crippen molar-refractivity contribution < 1.29 is 28.6 Å². The fourth-order valence-electron chi connectivity index (χ4n) is 5.65. The van der Waals surface area contributed by atoms with Crippen LogP contribution in [0.5, 0.6) is 11.5 Å². The van der Waals surface area contributed by atoms with E-state index in [0.29, 0.717) is 17.3 Å². The summed E-state index contributed by atoms with van der Waals surface area (Å²) in [4.78, 5) is 39.7. The molecule has 34 heavy (non-hydrogen) atoms. The number of carbonyl (C=O) groups is 3. The van der Waals surface area contributed by atoms with Gasteiger partial charge < -0.3 is 24.4 Å². The number of hydrogen-bond donors (Lipinski definition) is 1. The fourth-order valence-corrected chi connectivity index (χ4v) is 5.72. The minimum atomic E-state index is -0.537. The molecule has 1 aliphatic heterocycles. The summed E-state index contributed by atoms with van der Waals surface area (Å²) in [6.45, 7) is 4.24. The van der Waals surface area contributed by atoms with Gasteiger partial charge >= 0.3 is 5.97 Å². The molecule has 8 nitrogen and oxygen atoms in total. The summed E-state index contributed by atoms with van der Waals surface area (Å²) in [6.07, 6.45) is 3.66. The lowest BCUT2D eigenvalue weighted by Gasteiger charge is -2.56. The number of methoxy groups -OCH3 is 2. The number of likely N-dealkylation sites (N-methyl/N-ethyl adjacent to an activating group) is 1. The molecule has 0 spiro atoms. The highest BCUT2D eigenvalue weighted by molar-refractivity contribution is 6.41. The van der Waals surface area contributed by atoms with Crippen LogP contribution in [-0.2, 0) is 31.0 Å². The van der Waals surface area contributed by atoms with Crippen molar-refractivity contribution >= 4 is 29.3 Å². The van der Waals surface area contributed by atoms with Gasteiger partial charge in [0.2, 0.25) is 0 Å². The predicted molar refractivity (Wildman–Crippen MR) is 126 cm³/mol. The number of fused-ring (bicyclic) bond motifs is 1.